The van der Waals surface area contributed by atoms with Crippen LogP contribution in [0.25, 0.3) is 11.4 Å². The van der Waals surface area contributed by atoms with Crippen molar-refractivity contribution in [3.8, 4) is 11.4 Å². The molecule has 1 aromatic heterocycles. The van der Waals surface area contributed by atoms with Gasteiger partial charge in [-0.25, -0.2) is 4.68 Å². The summed E-state index contributed by atoms with van der Waals surface area (Å²) >= 11 is 0. The molecule has 0 atom stereocenters. The first-order valence-electron chi connectivity index (χ1n) is 6.78. The highest BCUT2D eigenvalue weighted by atomic mass is 16.5. The van der Waals surface area contributed by atoms with E-state index in [1.807, 2.05) is 17.7 Å². The van der Waals surface area contributed by atoms with E-state index in [4.69, 9.17) is 10.5 Å². The van der Waals surface area contributed by atoms with Crippen LogP contribution in [0.15, 0.2) is 12.1 Å². The zero-order valence-corrected chi connectivity index (χ0v) is 12.0. The van der Waals surface area contributed by atoms with Crippen molar-refractivity contribution in [1.29, 1.82) is 0 Å². The summed E-state index contributed by atoms with van der Waals surface area (Å²) in [4.78, 5) is 0. The predicted molar refractivity (Wildman–Crippen MR) is 76.2 cm³/mol. The third-order valence-electron chi connectivity index (χ3n) is 4.10. The molecule has 2 aromatic rings. The summed E-state index contributed by atoms with van der Waals surface area (Å²) in [5.74, 6) is 0.786. The normalized spacial score (nSPS) is 21.8. The average Bonchev–Trinajstić information content (AvgIpc) is 2.81. The molecule has 1 saturated carbocycles. The number of nitrogens with zero attached hydrogens (tertiary/aromatic N) is 4. The Morgan fingerprint density at radius 1 is 1.25 bits per heavy atom. The van der Waals surface area contributed by atoms with Gasteiger partial charge in [0, 0.05) is 18.4 Å². The lowest BCUT2D eigenvalue weighted by molar-refractivity contribution is 0.00248. The van der Waals surface area contributed by atoms with Crippen LogP contribution in [-0.2, 0) is 4.74 Å². The fourth-order valence-corrected chi connectivity index (χ4v) is 2.66. The van der Waals surface area contributed by atoms with E-state index < -0.39 is 0 Å². The van der Waals surface area contributed by atoms with Crippen molar-refractivity contribution in [3.63, 3.8) is 0 Å². The zero-order chi connectivity index (χ0) is 14.3. The number of aryl methyl sites for hydroxylation is 2. The molecule has 1 aliphatic rings. The maximum Gasteiger partial charge on any atom is 0.182 e. The number of hydrogen-bond acceptors (Lipinski definition) is 5. The highest BCUT2D eigenvalue weighted by molar-refractivity contribution is 5.67. The van der Waals surface area contributed by atoms with Gasteiger partial charge in [-0.3, -0.25) is 0 Å². The SMILES string of the molecule is COC1CC(n2nnnc2-c2cc(N)c(C)cc2C)C1. The molecule has 1 heterocycles. The molecule has 6 nitrogen and oxygen atoms in total. The molecule has 1 aliphatic carbocycles. The Kier molecular flexibility index (Phi) is 3.17. The second-order valence-corrected chi connectivity index (χ2v) is 5.45. The third-order valence-corrected chi connectivity index (χ3v) is 4.10. The van der Waals surface area contributed by atoms with E-state index in [1.54, 1.807) is 7.11 Å². The van der Waals surface area contributed by atoms with E-state index in [2.05, 4.69) is 28.5 Å². The minimum absolute atomic E-state index is 0.312. The van der Waals surface area contributed by atoms with Crippen molar-refractivity contribution in [2.45, 2.75) is 38.8 Å². The first kappa shape index (κ1) is 13.1. The van der Waals surface area contributed by atoms with Gasteiger partial charge < -0.3 is 10.5 Å². The Bertz CT molecular complexity index is 630. The maximum atomic E-state index is 6.01. The lowest BCUT2D eigenvalue weighted by Gasteiger charge is -2.34. The molecule has 0 amide bonds. The van der Waals surface area contributed by atoms with Crippen LogP contribution in [0, 0.1) is 13.8 Å². The summed E-state index contributed by atoms with van der Waals surface area (Å²) in [7, 11) is 1.74. The summed E-state index contributed by atoms with van der Waals surface area (Å²) in [5.41, 5.74) is 9.99. The van der Waals surface area contributed by atoms with Gasteiger partial charge in [-0.15, -0.1) is 5.10 Å². The van der Waals surface area contributed by atoms with Gasteiger partial charge in [0.15, 0.2) is 5.82 Å². The summed E-state index contributed by atoms with van der Waals surface area (Å²) < 4.78 is 7.21. The van der Waals surface area contributed by atoms with Crippen LogP contribution < -0.4 is 5.73 Å². The number of methoxy groups -OCH3 is 1. The van der Waals surface area contributed by atoms with Crippen LogP contribution >= 0.6 is 0 Å². The van der Waals surface area contributed by atoms with Gasteiger partial charge in [0.1, 0.15) is 0 Å². The van der Waals surface area contributed by atoms with Gasteiger partial charge in [0.25, 0.3) is 0 Å². The molecule has 0 unspecified atom stereocenters. The van der Waals surface area contributed by atoms with Gasteiger partial charge in [-0.1, -0.05) is 6.07 Å². The topological polar surface area (TPSA) is 78.8 Å². The van der Waals surface area contributed by atoms with E-state index in [-0.39, 0.29) is 0 Å². The number of aromatic nitrogens is 4. The Hall–Kier alpha value is -1.95. The van der Waals surface area contributed by atoms with Crippen LogP contribution in [0.2, 0.25) is 0 Å². The van der Waals surface area contributed by atoms with E-state index in [1.165, 1.54) is 0 Å². The van der Waals surface area contributed by atoms with Crippen LogP contribution in [0.4, 0.5) is 5.69 Å². The minimum atomic E-state index is 0.312. The number of tetrazole rings is 1. The van der Waals surface area contributed by atoms with Gasteiger partial charge >= 0.3 is 0 Å². The largest absolute Gasteiger partial charge is 0.398 e. The third kappa shape index (κ3) is 2.06. The molecule has 1 fully saturated rings. The Morgan fingerprint density at radius 3 is 2.70 bits per heavy atom. The predicted octanol–water partition coefficient (Wildman–Crippen LogP) is 1.89. The molecule has 0 spiro atoms. The van der Waals surface area contributed by atoms with Crippen molar-refractivity contribution >= 4 is 5.69 Å². The fraction of sp³-hybridized carbons (Fsp3) is 0.500. The summed E-state index contributed by atoms with van der Waals surface area (Å²) in [6, 6.07) is 4.34. The van der Waals surface area contributed by atoms with Crippen molar-refractivity contribution in [2.75, 3.05) is 12.8 Å². The molecule has 0 bridgehead atoms. The Labute approximate surface area is 117 Å². The van der Waals surface area contributed by atoms with Gasteiger partial charge in [-0.2, -0.15) is 0 Å². The summed E-state index contributed by atoms with van der Waals surface area (Å²) in [5, 5.41) is 12.1. The number of hydrogen-bond donors (Lipinski definition) is 1. The van der Waals surface area contributed by atoms with Crippen LogP contribution in [0.1, 0.15) is 30.0 Å². The first-order chi connectivity index (χ1) is 9.60. The van der Waals surface area contributed by atoms with E-state index in [0.29, 0.717) is 12.1 Å². The number of anilines is 1. The van der Waals surface area contributed by atoms with E-state index in [0.717, 1.165) is 41.0 Å². The quantitative estimate of drug-likeness (QED) is 0.864. The standard InChI is InChI=1S/C14H19N5O/c1-8-4-9(2)13(15)7-12(8)14-16-17-18-19(14)10-5-11(6-10)20-3/h4,7,10-11H,5-6,15H2,1-3H3. The number of nitrogens with two attached hydrogens (primary N) is 1. The van der Waals surface area contributed by atoms with E-state index in [9.17, 15) is 0 Å². The molecular weight excluding hydrogens is 254 g/mol. The average molecular weight is 273 g/mol. The van der Waals surface area contributed by atoms with Crippen molar-refractivity contribution < 1.29 is 4.74 Å². The number of ether oxygens (including phenoxy) is 1. The lowest BCUT2D eigenvalue weighted by Crippen LogP contribution is -2.33. The molecule has 6 heteroatoms. The van der Waals surface area contributed by atoms with Crippen molar-refractivity contribution in [3.05, 3.63) is 23.3 Å². The number of rotatable bonds is 3. The molecular formula is C14H19N5O. The van der Waals surface area contributed by atoms with Gasteiger partial charge in [-0.05, 0) is 54.3 Å². The van der Waals surface area contributed by atoms with Crippen LogP contribution in [-0.4, -0.2) is 33.4 Å². The summed E-state index contributed by atoms with van der Waals surface area (Å²) in [6.07, 6.45) is 2.23. The number of nitrogen functional groups attached to an aromatic ring is 1. The first-order valence-corrected chi connectivity index (χ1v) is 6.78. The minimum Gasteiger partial charge on any atom is -0.398 e. The molecule has 3 rings (SSSR count). The summed E-state index contributed by atoms with van der Waals surface area (Å²) in [6.45, 7) is 4.06. The molecule has 20 heavy (non-hydrogen) atoms. The second kappa shape index (κ2) is 4.86. The smallest absolute Gasteiger partial charge is 0.182 e. The van der Waals surface area contributed by atoms with Crippen molar-refractivity contribution in [2.24, 2.45) is 0 Å². The van der Waals surface area contributed by atoms with Crippen LogP contribution in [0.5, 0.6) is 0 Å². The van der Waals surface area contributed by atoms with Crippen molar-refractivity contribution in [1.82, 2.24) is 20.2 Å². The highest BCUT2D eigenvalue weighted by Gasteiger charge is 2.33. The Morgan fingerprint density at radius 2 is 2.00 bits per heavy atom. The zero-order valence-electron chi connectivity index (χ0n) is 12.0. The molecule has 0 aliphatic heterocycles. The highest BCUT2D eigenvalue weighted by Crippen LogP contribution is 2.36. The molecule has 106 valence electrons. The monoisotopic (exact) mass is 273 g/mol. The van der Waals surface area contributed by atoms with Gasteiger partial charge in [0.05, 0.1) is 12.1 Å². The van der Waals surface area contributed by atoms with E-state index >= 15 is 0 Å². The second-order valence-electron chi connectivity index (χ2n) is 5.45. The number of benzene rings is 1. The molecule has 2 N–H and O–H groups in total. The lowest BCUT2D eigenvalue weighted by atomic mass is 9.89. The Balaban J connectivity index is 1.96. The molecule has 0 radical (unpaired) electrons. The van der Waals surface area contributed by atoms with Crippen LogP contribution in [0.3, 0.4) is 0 Å². The molecule has 0 saturated heterocycles. The maximum absolute atomic E-state index is 6.01. The fourth-order valence-electron chi connectivity index (χ4n) is 2.66. The molecule has 1 aromatic carbocycles. The van der Waals surface area contributed by atoms with Gasteiger partial charge in [0.2, 0.25) is 0 Å².